The van der Waals surface area contributed by atoms with Crippen molar-refractivity contribution in [3.63, 3.8) is 0 Å². The molecular formula is C28H28N2O4. The Labute approximate surface area is 199 Å². The zero-order chi connectivity index (χ0) is 23.8. The molecule has 2 aliphatic heterocycles. The van der Waals surface area contributed by atoms with Gasteiger partial charge in [-0.1, -0.05) is 54.6 Å². The maximum atomic E-state index is 14.1. The highest BCUT2D eigenvalue weighted by molar-refractivity contribution is 6.02. The topological polar surface area (TPSA) is 59.1 Å². The van der Waals surface area contributed by atoms with Crippen molar-refractivity contribution < 1.29 is 19.1 Å². The molecule has 0 aliphatic carbocycles. The summed E-state index contributed by atoms with van der Waals surface area (Å²) in [6.07, 6.45) is 0.766. The summed E-state index contributed by atoms with van der Waals surface area (Å²) in [6, 6.07) is 21.2. The van der Waals surface area contributed by atoms with Crippen LogP contribution in [0.3, 0.4) is 0 Å². The van der Waals surface area contributed by atoms with Crippen molar-refractivity contribution in [1.82, 2.24) is 9.80 Å². The van der Waals surface area contributed by atoms with E-state index in [2.05, 4.69) is 6.07 Å². The van der Waals surface area contributed by atoms with Gasteiger partial charge < -0.3 is 19.3 Å². The number of carbonyl (C=O) groups excluding carboxylic acids is 2. The fourth-order valence-electron chi connectivity index (χ4n) is 5.29. The molecule has 0 unspecified atom stereocenters. The van der Waals surface area contributed by atoms with Crippen LogP contribution in [-0.4, -0.2) is 49.4 Å². The van der Waals surface area contributed by atoms with Gasteiger partial charge in [-0.15, -0.1) is 0 Å². The first-order chi connectivity index (χ1) is 16.5. The Morgan fingerprint density at radius 2 is 1.65 bits per heavy atom. The van der Waals surface area contributed by atoms with Gasteiger partial charge in [0.15, 0.2) is 11.5 Å². The molecule has 0 fully saturated rings. The normalized spacial score (nSPS) is 18.4. The lowest BCUT2D eigenvalue weighted by Gasteiger charge is -2.46. The third-order valence-corrected chi connectivity index (χ3v) is 6.93. The van der Waals surface area contributed by atoms with E-state index < -0.39 is 5.92 Å². The molecule has 2 aliphatic rings. The fraction of sp³-hybridized carbons (Fsp3) is 0.286. The van der Waals surface area contributed by atoms with Crippen molar-refractivity contribution in [1.29, 1.82) is 0 Å². The van der Waals surface area contributed by atoms with Gasteiger partial charge >= 0.3 is 0 Å². The number of benzene rings is 3. The monoisotopic (exact) mass is 456 g/mol. The first-order valence-electron chi connectivity index (χ1n) is 11.5. The van der Waals surface area contributed by atoms with E-state index in [9.17, 15) is 9.59 Å². The van der Waals surface area contributed by atoms with Gasteiger partial charge in [-0.05, 0) is 40.8 Å². The molecule has 0 bridgehead atoms. The molecule has 3 aromatic rings. The van der Waals surface area contributed by atoms with Crippen LogP contribution in [0.4, 0.5) is 0 Å². The zero-order valence-corrected chi connectivity index (χ0v) is 19.7. The van der Waals surface area contributed by atoms with Crippen LogP contribution >= 0.6 is 0 Å². The molecule has 3 aromatic carbocycles. The van der Waals surface area contributed by atoms with Gasteiger partial charge in [0.2, 0.25) is 5.91 Å². The van der Waals surface area contributed by atoms with E-state index in [1.165, 1.54) is 5.56 Å². The SMILES string of the molecule is COc1cc2c(cc1OC)[C@@H](C(=O)N(C)Cc1ccccc1)[C@@H]1c3ccccc3CCN1C2=O. The Hall–Kier alpha value is -3.80. The molecule has 0 spiro atoms. The Morgan fingerprint density at radius 1 is 0.971 bits per heavy atom. The Kier molecular flexibility index (Phi) is 5.74. The number of methoxy groups -OCH3 is 2. The number of carbonyl (C=O) groups is 2. The highest BCUT2D eigenvalue weighted by Crippen LogP contribution is 2.49. The van der Waals surface area contributed by atoms with Crippen molar-refractivity contribution in [2.45, 2.75) is 24.9 Å². The Bertz CT molecular complexity index is 1240. The number of ether oxygens (including phenoxy) is 2. The van der Waals surface area contributed by atoms with Crippen LogP contribution in [0, 0.1) is 0 Å². The van der Waals surface area contributed by atoms with Gasteiger partial charge in [0.25, 0.3) is 5.91 Å². The van der Waals surface area contributed by atoms with Gasteiger partial charge in [0.05, 0.1) is 26.2 Å². The molecule has 2 amide bonds. The van der Waals surface area contributed by atoms with Crippen molar-refractivity contribution in [2.75, 3.05) is 27.8 Å². The van der Waals surface area contributed by atoms with Crippen LogP contribution in [0.2, 0.25) is 0 Å². The minimum absolute atomic E-state index is 0.0310. The molecule has 2 heterocycles. The summed E-state index contributed by atoms with van der Waals surface area (Å²) in [5, 5.41) is 0. The highest BCUT2D eigenvalue weighted by atomic mass is 16.5. The minimum Gasteiger partial charge on any atom is -0.493 e. The van der Waals surface area contributed by atoms with Gasteiger partial charge in [0, 0.05) is 25.7 Å². The molecule has 0 N–H and O–H groups in total. The molecule has 0 aromatic heterocycles. The third-order valence-electron chi connectivity index (χ3n) is 6.93. The average Bonchev–Trinajstić information content (AvgIpc) is 2.88. The summed E-state index contributed by atoms with van der Waals surface area (Å²) in [7, 11) is 4.94. The first kappa shape index (κ1) is 22.0. The van der Waals surface area contributed by atoms with Crippen molar-refractivity contribution in [2.24, 2.45) is 0 Å². The molecule has 6 nitrogen and oxygen atoms in total. The van der Waals surface area contributed by atoms with Gasteiger partial charge in [0.1, 0.15) is 0 Å². The Balaban J connectivity index is 1.65. The minimum atomic E-state index is -0.553. The van der Waals surface area contributed by atoms with Crippen molar-refractivity contribution in [3.8, 4) is 11.5 Å². The van der Waals surface area contributed by atoms with Crippen molar-refractivity contribution in [3.05, 3.63) is 94.5 Å². The van der Waals surface area contributed by atoms with Crippen LogP contribution in [0.5, 0.6) is 11.5 Å². The molecule has 0 saturated heterocycles. The number of fused-ring (bicyclic) bond motifs is 4. The van der Waals surface area contributed by atoms with Crippen LogP contribution in [0.1, 0.15) is 44.6 Å². The van der Waals surface area contributed by atoms with E-state index in [-0.39, 0.29) is 17.9 Å². The summed E-state index contributed by atoms with van der Waals surface area (Å²) in [5.74, 6) is 0.328. The number of hydrogen-bond donors (Lipinski definition) is 0. The predicted octanol–water partition coefficient (Wildman–Crippen LogP) is 4.20. The molecule has 174 valence electrons. The Morgan fingerprint density at radius 3 is 2.38 bits per heavy atom. The van der Waals surface area contributed by atoms with E-state index in [1.54, 1.807) is 31.3 Å². The second kappa shape index (κ2) is 8.86. The summed E-state index contributed by atoms with van der Waals surface area (Å²) in [5.41, 5.74) is 4.46. The smallest absolute Gasteiger partial charge is 0.254 e. The summed E-state index contributed by atoms with van der Waals surface area (Å²) in [6.45, 7) is 1.06. The van der Waals surface area contributed by atoms with E-state index in [0.29, 0.717) is 35.7 Å². The second-order valence-electron chi connectivity index (χ2n) is 8.84. The molecule has 2 atom stereocenters. The van der Waals surface area contributed by atoms with E-state index >= 15 is 0 Å². The lowest BCUT2D eigenvalue weighted by Crippen LogP contribution is -2.50. The molecule has 6 heteroatoms. The van der Waals surface area contributed by atoms with Gasteiger partial charge in [-0.2, -0.15) is 0 Å². The standard InChI is InChI=1S/C28H28N2O4/c1-29(17-18-9-5-4-6-10-18)28(32)25-21-15-23(33-2)24(34-3)16-22(21)27(31)30-14-13-19-11-7-8-12-20(19)26(25)30/h4-12,15-16,25-26H,13-14,17H2,1-3H3/t25-,26+/m1/s1. The lowest BCUT2D eigenvalue weighted by atomic mass is 9.75. The van der Waals surface area contributed by atoms with E-state index in [0.717, 1.165) is 17.5 Å². The molecule has 0 radical (unpaired) electrons. The summed E-state index contributed by atoms with van der Waals surface area (Å²) < 4.78 is 11.0. The number of hydrogen-bond acceptors (Lipinski definition) is 4. The molecular weight excluding hydrogens is 428 g/mol. The van der Waals surface area contributed by atoms with Crippen molar-refractivity contribution >= 4 is 11.8 Å². The van der Waals surface area contributed by atoms with Crippen LogP contribution in [-0.2, 0) is 17.8 Å². The maximum Gasteiger partial charge on any atom is 0.254 e. The third kappa shape index (κ3) is 3.59. The molecule has 34 heavy (non-hydrogen) atoms. The van der Waals surface area contributed by atoms with Gasteiger partial charge in [-0.3, -0.25) is 9.59 Å². The van der Waals surface area contributed by atoms with Crippen LogP contribution in [0.15, 0.2) is 66.7 Å². The highest BCUT2D eigenvalue weighted by Gasteiger charge is 2.47. The fourth-order valence-corrected chi connectivity index (χ4v) is 5.29. The largest absolute Gasteiger partial charge is 0.493 e. The van der Waals surface area contributed by atoms with Crippen LogP contribution < -0.4 is 9.47 Å². The second-order valence-corrected chi connectivity index (χ2v) is 8.84. The quantitative estimate of drug-likeness (QED) is 0.578. The average molecular weight is 457 g/mol. The van der Waals surface area contributed by atoms with Gasteiger partial charge in [-0.25, -0.2) is 0 Å². The van der Waals surface area contributed by atoms with E-state index in [4.69, 9.17) is 9.47 Å². The molecule has 5 rings (SSSR count). The summed E-state index contributed by atoms with van der Waals surface area (Å²) >= 11 is 0. The zero-order valence-electron chi connectivity index (χ0n) is 19.7. The first-order valence-corrected chi connectivity index (χ1v) is 11.5. The number of amides is 2. The number of likely N-dealkylation sites (N-methyl/N-ethyl adjacent to an activating group) is 1. The molecule has 0 saturated carbocycles. The number of nitrogens with zero attached hydrogens (tertiary/aromatic N) is 2. The van der Waals surface area contributed by atoms with E-state index in [1.807, 2.05) is 60.5 Å². The maximum absolute atomic E-state index is 14.1. The summed E-state index contributed by atoms with van der Waals surface area (Å²) in [4.78, 5) is 31.4. The lowest BCUT2D eigenvalue weighted by molar-refractivity contribution is -0.134. The van der Waals surface area contributed by atoms with Crippen LogP contribution in [0.25, 0.3) is 0 Å². The number of rotatable bonds is 5. The predicted molar refractivity (Wildman–Crippen MR) is 129 cm³/mol.